The van der Waals surface area contributed by atoms with E-state index in [9.17, 15) is 39.0 Å². The standard InChI is InChI=1S/C32H24N2O10/c1-43-31(41)19-5-3-7-21(13-19)33-27(35)23-11-9-18(16-26(23)30(39)40)17-10-12-24(29(37)38)25(15-17)28(36)34-22-8-4-6-20(14-22)32(42)44-2/h3-16H,1-2H3,(H,33,35)(H,34,36)(H,37,38)(H,39,40). The Kier molecular flexibility index (Phi) is 9.14. The van der Waals surface area contributed by atoms with Crippen LogP contribution < -0.4 is 10.6 Å². The number of hydrogen-bond donors (Lipinski definition) is 4. The van der Waals surface area contributed by atoms with Crippen LogP contribution in [0.3, 0.4) is 0 Å². The summed E-state index contributed by atoms with van der Waals surface area (Å²) in [4.78, 5) is 73.9. The number of rotatable bonds is 9. The van der Waals surface area contributed by atoms with Crippen LogP contribution in [-0.4, -0.2) is 60.1 Å². The summed E-state index contributed by atoms with van der Waals surface area (Å²) >= 11 is 0. The molecular formula is C32H24N2O10. The van der Waals surface area contributed by atoms with Gasteiger partial charge in [-0.25, -0.2) is 19.2 Å². The molecule has 0 saturated heterocycles. The normalized spacial score (nSPS) is 10.3. The van der Waals surface area contributed by atoms with Crippen LogP contribution in [0.1, 0.15) is 62.1 Å². The summed E-state index contributed by atoms with van der Waals surface area (Å²) in [7, 11) is 2.42. The van der Waals surface area contributed by atoms with Crippen molar-refractivity contribution in [2.75, 3.05) is 24.9 Å². The van der Waals surface area contributed by atoms with Crippen molar-refractivity contribution in [1.82, 2.24) is 0 Å². The number of methoxy groups -OCH3 is 2. The van der Waals surface area contributed by atoms with E-state index in [4.69, 9.17) is 0 Å². The fraction of sp³-hybridized carbons (Fsp3) is 0.0625. The molecule has 0 saturated carbocycles. The Morgan fingerprint density at radius 2 is 0.955 bits per heavy atom. The molecule has 0 fully saturated rings. The highest BCUT2D eigenvalue weighted by Gasteiger charge is 2.22. The minimum atomic E-state index is -1.41. The zero-order valence-electron chi connectivity index (χ0n) is 23.2. The average molecular weight is 597 g/mol. The van der Waals surface area contributed by atoms with Gasteiger partial charge in [0.25, 0.3) is 11.8 Å². The molecule has 0 aliphatic rings. The number of hydrogen-bond acceptors (Lipinski definition) is 8. The molecule has 4 aromatic rings. The van der Waals surface area contributed by atoms with Gasteiger partial charge in [-0.3, -0.25) is 9.59 Å². The molecule has 0 radical (unpaired) electrons. The molecule has 0 bridgehead atoms. The molecule has 0 aromatic heterocycles. The Bertz CT molecular complexity index is 1830. The topological polar surface area (TPSA) is 185 Å². The van der Waals surface area contributed by atoms with Crippen molar-refractivity contribution < 1.29 is 48.5 Å². The average Bonchev–Trinajstić information content (AvgIpc) is 3.03. The summed E-state index contributed by atoms with van der Waals surface area (Å²) in [5.74, 6) is -5.59. The SMILES string of the molecule is COC(=O)c1cccc(NC(=O)c2ccc(-c3ccc(C(=O)O)c(C(=O)Nc4cccc(C(=O)OC)c4)c3)cc2C(=O)O)c1. The van der Waals surface area contributed by atoms with Crippen LogP contribution in [0.25, 0.3) is 11.1 Å². The van der Waals surface area contributed by atoms with Crippen LogP contribution in [-0.2, 0) is 9.47 Å². The maximum atomic E-state index is 13.2. The predicted molar refractivity (Wildman–Crippen MR) is 157 cm³/mol. The van der Waals surface area contributed by atoms with Gasteiger partial charge >= 0.3 is 23.9 Å². The lowest BCUT2D eigenvalue weighted by molar-refractivity contribution is 0.0592. The van der Waals surface area contributed by atoms with Gasteiger partial charge in [0.15, 0.2) is 0 Å². The Morgan fingerprint density at radius 1 is 0.523 bits per heavy atom. The number of benzene rings is 4. The molecule has 44 heavy (non-hydrogen) atoms. The number of carbonyl (C=O) groups excluding carboxylic acids is 4. The number of carboxylic acid groups (broad SMARTS) is 2. The number of aromatic carboxylic acids is 2. The fourth-order valence-electron chi connectivity index (χ4n) is 4.28. The van der Waals surface area contributed by atoms with Gasteiger partial charge in [-0.2, -0.15) is 0 Å². The number of nitrogens with one attached hydrogen (secondary N) is 2. The Labute approximate surface area is 249 Å². The highest BCUT2D eigenvalue weighted by molar-refractivity contribution is 6.13. The largest absolute Gasteiger partial charge is 0.478 e. The molecule has 4 rings (SSSR count). The van der Waals surface area contributed by atoms with E-state index in [2.05, 4.69) is 20.1 Å². The van der Waals surface area contributed by atoms with Crippen LogP contribution in [0.2, 0.25) is 0 Å². The maximum Gasteiger partial charge on any atom is 0.337 e. The zero-order valence-corrected chi connectivity index (χ0v) is 23.2. The van der Waals surface area contributed by atoms with Crippen molar-refractivity contribution in [3.8, 4) is 11.1 Å². The Balaban J connectivity index is 1.66. The first-order valence-corrected chi connectivity index (χ1v) is 12.8. The highest BCUT2D eigenvalue weighted by atomic mass is 16.5. The molecule has 0 aliphatic carbocycles. The third kappa shape index (κ3) is 6.77. The maximum absolute atomic E-state index is 13.2. The highest BCUT2D eigenvalue weighted by Crippen LogP contribution is 2.27. The molecule has 0 aliphatic heterocycles. The summed E-state index contributed by atoms with van der Waals surface area (Å²) < 4.78 is 9.35. The summed E-state index contributed by atoms with van der Waals surface area (Å²) in [6.45, 7) is 0. The first-order valence-electron chi connectivity index (χ1n) is 12.8. The number of anilines is 2. The number of esters is 2. The third-order valence-corrected chi connectivity index (χ3v) is 6.41. The molecule has 4 aromatic carbocycles. The number of amides is 2. The summed E-state index contributed by atoms with van der Waals surface area (Å²) in [6.07, 6.45) is 0. The van der Waals surface area contributed by atoms with Crippen LogP contribution in [0.15, 0.2) is 84.9 Å². The van der Waals surface area contributed by atoms with Crippen molar-refractivity contribution in [3.63, 3.8) is 0 Å². The van der Waals surface area contributed by atoms with Crippen molar-refractivity contribution in [3.05, 3.63) is 118 Å². The van der Waals surface area contributed by atoms with Gasteiger partial charge in [0.1, 0.15) is 0 Å². The number of carbonyl (C=O) groups is 6. The van der Waals surface area contributed by atoms with E-state index in [1.165, 1.54) is 99.1 Å². The van der Waals surface area contributed by atoms with Gasteiger partial charge in [0, 0.05) is 11.4 Å². The zero-order chi connectivity index (χ0) is 32.0. The van der Waals surface area contributed by atoms with Gasteiger partial charge < -0.3 is 30.3 Å². The lowest BCUT2D eigenvalue weighted by atomic mass is 9.95. The van der Waals surface area contributed by atoms with Crippen molar-refractivity contribution in [2.45, 2.75) is 0 Å². The lowest BCUT2D eigenvalue weighted by Crippen LogP contribution is -2.17. The molecule has 0 atom stereocenters. The molecule has 0 spiro atoms. The van der Waals surface area contributed by atoms with Crippen LogP contribution in [0, 0.1) is 0 Å². The second kappa shape index (κ2) is 13.1. The monoisotopic (exact) mass is 596 g/mol. The van der Waals surface area contributed by atoms with Gasteiger partial charge in [-0.1, -0.05) is 24.3 Å². The van der Waals surface area contributed by atoms with E-state index in [1.54, 1.807) is 0 Å². The van der Waals surface area contributed by atoms with Gasteiger partial charge in [-0.15, -0.1) is 0 Å². The Hall–Kier alpha value is -6.30. The van der Waals surface area contributed by atoms with E-state index in [0.29, 0.717) is 5.56 Å². The third-order valence-electron chi connectivity index (χ3n) is 6.41. The molecule has 12 heteroatoms. The van der Waals surface area contributed by atoms with Crippen LogP contribution in [0.5, 0.6) is 0 Å². The summed E-state index contributed by atoms with van der Waals surface area (Å²) in [5, 5.41) is 24.7. The molecule has 12 nitrogen and oxygen atoms in total. The molecule has 2 amide bonds. The van der Waals surface area contributed by atoms with E-state index >= 15 is 0 Å². The van der Waals surface area contributed by atoms with E-state index < -0.39 is 35.7 Å². The van der Waals surface area contributed by atoms with Gasteiger partial charge in [-0.05, 0) is 71.8 Å². The quantitative estimate of drug-likeness (QED) is 0.195. The minimum absolute atomic E-state index is 0.166. The number of ether oxygens (including phenoxy) is 2. The summed E-state index contributed by atoms with van der Waals surface area (Å²) in [5.41, 5.74) is 0.262. The molecule has 0 unspecified atom stereocenters. The smallest absolute Gasteiger partial charge is 0.337 e. The molecule has 4 N–H and O–H groups in total. The first-order chi connectivity index (χ1) is 21.0. The Morgan fingerprint density at radius 3 is 1.41 bits per heavy atom. The van der Waals surface area contributed by atoms with Gasteiger partial charge in [0.2, 0.25) is 0 Å². The van der Waals surface area contributed by atoms with Crippen molar-refractivity contribution in [2.24, 2.45) is 0 Å². The van der Waals surface area contributed by atoms with Crippen LogP contribution >= 0.6 is 0 Å². The second-order valence-corrected chi connectivity index (χ2v) is 9.18. The second-order valence-electron chi connectivity index (χ2n) is 9.18. The van der Waals surface area contributed by atoms with E-state index in [1.807, 2.05) is 0 Å². The number of carboxylic acids is 2. The van der Waals surface area contributed by atoms with E-state index in [0.717, 1.165) is 0 Å². The molecule has 222 valence electrons. The fourth-order valence-corrected chi connectivity index (χ4v) is 4.28. The lowest BCUT2D eigenvalue weighted by Gasteiger charge is -2.13. The molecule has 0 heterocycles. The van der Waals surface area contributed by atoms with E-state index in [-0.39, 0.29) is 50.3 Å². The first kappa shape index (κ1) is 30.7. The predicted octanol–water partition coefficient (Wildman–Crippen LogP) is 4.83. The van der Waals surface area contributed by atoms with Crippen LogP contribution in [0.4, 0.5) is 11.4 Å². The molecular weight excluding hydrogens is 572 g/mol. The van der Waals surface area contributed by atoms with Crippen molar-refractivity contribution in [1.29, 1.82) is 0 Å². The van der Waals surface area contributed by atoms with Gasteiger partial charge in [0.05, 0.1) is 47.6 Å². The van der Waals surface area contributed by atoms with Crippen molar-refractivity contribution >= 4 is 47.1 Å². The summed E-state index contributed by atoms with van der Waals surface area (Å²) in [6, 6.07) is 19.6. The minimum Gasteiger partial charge on any atom is -0.478 e.